The van der Waals surface area contributed by atoms with Crippen LogP contribution in [0.5, 0.6) is 0 Å². The van der Waals surface area contributed by atoms with E-state index in [4.69, 9.17) is 0 Å². The fraction of sp³-hybridized carbons (Fsp3) is 0.500. The third-order valence-corrected chi connectivity index (χ3v) is 3.91. The van der Waals surface area contributed by atoms with Gasteiger partial charge in [-0.3, -0.25) is 4.79 Å². The minimum absolute atomic E-state index is 0.0226. The Morgan fingerprint density at radius 3 is 3.06 bits per heavy atom. The zero-order valence-corrected chi connectivity index (χ0v) is 10.2. The Kier molecular flexibility index (Phi) is 3.04. The number of benzene rings is 1. The highest BCUT2D eigenvalue weighted by Crippen LogP contribution is 2.32. The molecule has 0 spiro atoms. The van der Waals surface area contributed by atoms with Crippen LogP contribution < -0.4 is 10.6 Å². The first-order chi connectivity index (χ1) is 8.75. The molecule has 2 atom stereocenters. The highest BCUT2D eigenvalue weighted by molar-refractivity contribution is 5.82. The molecule has 1 aliphatic heterocycles. The predicted molar refractivity (Wildman–Crippen MR) is 66.6 cm³/mol. The van der Waals surface area contributed by atoms with Crippen LogP contribution in [0.15, 0.2) is 18.2 Å². The molecule has 2 N–H and O–H groups in total. The van der Waals surface area contributed by atoms with Crippen molar-refractivity contribution in [2.45, 2.75) is 37.8 Å². The molecule has 0 bridgehead atoms. The van der Waals surface area contributed by atoms with E-state index in [9.17, 15) is 9.18 Å². The van der Waals surface area contributed by atoms with Gasteiger partial charge in [-0.05, 0) is 49.4 Å². The summed E-state index contributed by atoms with van der Waals surface area (Å²) in [6.07, 6.45) is 3.46. The van der Waals surface area contributed by atoms with Gasteiger partial charge < -0.3 is 10.6 Å². The Hall–Kier alpha value is -1.42. The quantitative estimate of drug-likeness (QED) is 0.836. The van der Waals surface area contributed by atoms with Crippen molar-refractivity contribution in [2.75, 3.05) is 6.54 Å². The molecule has 96 valence electrons. The Balaban J connectivity index is 1.72. The molecule has 1 saturated heterocycles. The first-order valence-corrected chi connectivity index (χ1v) is 6.57. The third-order valence-electron chi connectivity index (χ3n) is 3.91. The molecule has 2 aliphatic rings. The van der Waals surface area contributed by atoms with Crippen molar-refractivity contribution >= 4 is 5.91 Å². The van der Waals surface area contributed by atoms with Crippen LogP contribution in [-0.2, 0) is 11.2 Å². The third kappa shape index (κ3) is 2.01. The van der Waals surface area contributed by atoms with Crippen LogP contribution in [0.1, 0.15) is 36.4 Å². The second kappa shape index (κ2) is 4.69. The van der Waals surface area contributed by atoms with Crippen LogP contribution in [0, 0.1) is 5.82 Å². The molecular formula is C14H17FN2O. The molecule has 2 unspecified atom stereocenters. The molecule has 0 radical (unpaired) electrons. The Labute approximate surface area is 106 Å². The van der Waals surface area contributed by atoms with Gasteiger partial charge in [0, 0.05) is 0 Å². The molecule has 4 heteroatoms. The molecule has 3 rings (SSSR count). The second-order valence-corrected chi connectivity index (χ2v) is 5.06. The fourth-order valence-electron chi connectivity index (χ4n) is 2.94. The van der Waals surface area contributed by atoms with E-state index >= 15 is 0 Å². The van der Waals surface area contributed by atoms with Crippen LogP contribution in [-0.4, -0.2) is 18.5 Å². The number of fused-ring (bicyclic) bond motifs is 1. The summed E-state index contributed by atoms with van der Waals surface area (Å²) in [6.45, 7) is 0.911. The highest BCUT2D eigenvalue weighted by atomic mass is 19.1. The number of halogens is 1. The number of nitrogens with one attached hydrogen (secondary N) is 2. The fourth-order valence-corrected chi connectivity index (χ4v) is 2.94. The molecule has 1 heterocycles. The van der Waals surface area contributed by atoms with Gasteiger partial charge in [0.05, 0.1) is 12.1 Å². The van der Waals surface area contributed by atoms with E-state index in [2.05, 4.69) is 10.6 Å². The SMILES string of the molecule is O=C(NC1CCc2c(F)cccc21)C1CCCN1. The first kappa shape index (κ1) is 11.7. The van der Waals surface area contributed by atoms with E-state index in [0.29, 0.717) is 6.42 Å². The minimum Gasteiger partial charge on any atom is -0.348 e. The Morgan fingerprint density at radius 2 is 2.28 bits per heavy atom. The monoisotopic (exact) mass is 248 g/mol. The van der Waals surface area contributed by atoms with Gasteiger partial charge in [-0.15, -0.1) is 0 Å². The predicted octanol–water partition coefficient (Wildman–Crippen LogP) is 1.68. The van der Waals surface area contributed by atoms with Gasteiger partial charge in [-0.2, -0.15) is 0 Å². The summed E-state index contributed by atoms with van der Waals surface area (Å²) in [7, 11) is 0. The minimum atomic E-state index is -0.150. The Morgan fingerprint density at radius 1 is 1.39 bits per heavy atom. The van der Waals surface area contributed by atoms with E-state index in [1.165, 1.54) is 6.07 Å². The first-order valence-electron chi connectivity index (χ1n) is 6.57. The van der Waals surface area contributed by atoms with E-state index in [1.54, 1.807) is 6.07 Å². The van der Waals surface area contributed by atoms with Gasteiger partial charge in [0.15, 0.2) is 0 Å². The summed E-state index contributed by atoms with van der Waals surface area (Å²) >= 11 is 0. The van der Waals surface area contributed by atoms with E-state index in [-0.39, 0.29) is 23.8 Å². The van der Waals surface area contributed by atoms with Crippen LogP contribution in [0.2, 0.25) is 0 Å². The molecule has 0 saturated carbocycles. The van der Waals surface area contributed by atoms with Crippen molar-refractivity contribution in [1.82, 2.24) is 10.6 Å². The van der Waals surface area contributed by atoms with Crippen molar-refractivity contribution in [1.29, 1.82) is 0 Å². The molecule has 1 aliphatic carbocycles. The van der Waals surface area contributed by atoms with Crippen LogP contribution in [0.25, 0.3) is 0 Å². The van der Waals surface area contributed by atoms with Gasteiger partial charge in [-0.1, -0.05) is 12.1 Å². The summed E-state index contributed by atoms with van der Waals surface area (Å²) in [5, 5.41) is 6.22. The molecule has 18 heavy (non-hydrogen) atoms. The van der Waals surface area contributed by atoms with Gasteiger partial charge in [0.25, 0.3) is 0 Å². The van der Waals surface area contributed by atoms with Crippen molar-refractivity contribution in [3.63, 3.8) is 0 Å². The largest absolute Gasteiger partial charge is 0.348 e. The highest BCUT2D eigenvalue weighted by Gasteiger charge is 2.29. The lowest BCUT2D eigenvalue weighted by Crippen LogP contribution is -2.41. The molecule has 0 aromatic heterocycles. The van der Waals surface area contributed by atoms with Gasteiger partial charge in [-0.25, -0.2) is 4.39 Å². The maximum absolute atomic E-state index is 13.6. The number of hydrogen-bond donors (Lipinski definition) is 2. The smallest absolute Gasteiger partial charge is 0.237 e. The van der Waals surface area contributed by atoms with Crippen LogP contribution in [0.3, 0.4) is 0 Å². The summed E-state index contributed by atoms with van der Waals surface area (Å²) in [6, 6.07) is 5.03. The van der Waals surface area contributed by atoms with E-state index in [0.717, 1.165) is 36.9 Å². The van der Waals surface area contributed by atoms with E-state index < -0.39 is 0 Å². The number of carbonyl (C=O) groups is 1. The maximum atomic E-state index is 13.6. The van der Waals surface area contributed by atoms with Gasteiger partial charge in [0.2, 0.25) is 5.91 Å². The van der Waals surface area contributed by atoms with Gasteiger partial charge in [0.1, 0.15) is 5.82 Å². The molecule has 3 nitrogen and oxygen atoms in total. The van der Waals surface area contributed by atoms with Crippen molar-refractivity contribution in [3.05, 3.63) is 35.1 Å². The second-order valence-electron chi connectivity index (χ2n) is 5.06. The number of hydrogen-bond acceptors (Lipinski definition) is 2. The molecule has 1 amide bonds. The molecule has 1 aromatic carbocycles. The normalized spacial score (nSPS) is 26.1. The zero-order chi connectivity index (χ0) is 12.5. The lowest BCUT2D eigenvalue weighted by atomic mass is 10.1. The van der Waals surface area contributed by atoms with Crippen LogP contribution in [0.4, 0.5) is 4.39 Å². The van der Waals surface area contributed by atoms with Gasteiger partial charge >= 0.3 is 0 Å². The topological polar surface area (TPSA) is 41.1 Å². The van der Waals surface area contributed by atoms with Crippen molar-refractivity contribution in [2.24, 2.45) is 0 Å². The number of carbonyl (C=O) groups excluding carboxylic acids is 1. The Bertz CT molecular complexity index is 469. The number of amides is 1. The summed E-state index contributed by atoms with van der Waals surface area (Å²) in [4.78, 5) is 12.0. The summed E-state index contributed by atoms with van der Waals surface area (Å²) < 4.78 is 13.6. The lowest BCUT2D eigenvalue weighted by Gasteiger charge is -2.17. The standard InChI is InChI=1S/C14H17FN2O/c15-11-4-1-3-10-9(11)6-7-12(10)17-14(18)13-5-2-8-16-13/h1,3-4,12-13,16H,2,5-8H2,(H,17,18). The lowest BCUT2D eigenvalue weighted by molar-refractivity contribution is -0.123. The number of rotatable bonds is 2. The summed E-state index contributed by atoms with van der Waals surface area (Å²) in [5.74, 6) is -0.0992. The average Bonchev–Trinajstić information content (AvgIpc) is 2.99. The van der Waals surface area contributed by atoms with Crippen molar-refractivity contribution in [3.8, 4) is 0 Å². The van der Waals surface area contributed by atoms with Crippen molar-refractivity contribution < 1.29 is 9.18 Å². The molecule has 1 fully saturated rings. The van der Waals surface area contributed by atoms with E-state index in [1.807, 2.05) is 6.07 Å². The molecular weight excluding hydrogens is 231 g/mol. The van der Waals surface area contributed by atoms with Crippen LogP contribution >= 0.6 is 0 Å². The maximum Gasteiger partial charge on any atom is 0.237 e. The average molecular weight is 248 g/mol. The molecule has 1 aromatic rings. The summed E-state index contributed by atoms with van der Waals surface area (Å²) in [5.41, 5.74) is 1.71. The zero-order valence-electron chi connectivity index (χ0n) is 10.2.